The Balaban J connectivity index is 1.13. The van der Waals surface area contributed by atoms with E-state index in [0.717, 1.165) is 32.3 Å². The maximum atomic E-state index is 13.9. The van der Waals surface area contributed by atoms with Gasteiger partial charge in [-0.05, 0) is 77.4 Å². The predicted octanol–water partition coefficient (Wildman–Crippen LogP) is 6.66. The van der Waals surface area contributed by atoms with Gasteiger partial charge in [0.25, 0.3) is 21.5 Å². The molecule has 0 spiro atoms. The Morgan fingerprint density at radius 3 is 2.31 bits per heavy atom. The fourth-order valence-electron chi connectivity index (χ4n) is 6.66. The van der Waals surface area contributed by atoms with E-state index in [-0.39, 0.29) is 21.2 Å². The van der Waals surface area contributed by atoms with Crippen molar-refractivity contribution in [1.29, 1.82) is 0 Å². The molecule has 0 N–H and O–H groups in total. The third-order valence-electron chi connectivity index (χ3n) is 9.73. The van der Waals surface area contributed by atoms with E-state index >= 15 is 0 Å². The summed E-state index contributed by atoms with van der Waals surface area (Å²) in [6.45, 7) is 0.938. The number of amides is 1. The van der Waals surface area contributed by atoms with Crippen molar-refractivity contribution in [2.75, 3.05) is 25.1 Å². The Hall–Kier alpha value is -6.18. The third-order valence-corrected chi connectivity index (χ3v) is 11.8. The number of carbonyl (C=O) groups excluding carboxylic acids is 2. The molecule has 55 heavy (non-hydrogen) atoms. The molecule has 1 unspecified atom stereocenters. The number of ether oxygens (including phenoxy) is 2. The summed E-state index contributed by atoms with van der Waals surface area (Å²) < 4.78 is 42.5. The Bertz CT molecular complexity index is 2660. The highest BCUT2D eigenvalue weighted by molar-refractivity contribution is 7.92. The van der Waals surface area contributed by atoms with Gasteiger partial charge >= 0.3 is 5.97 Å². The standard InChI is InChI=1S/C41H36ClN5O7S/c1-26-39(40(49)47(44(26)2)31-12-6-5-7-13-31)45(3)55(51,52)33-20-21-35(42)34(23-33)41(50)54-25-38(48)46-37(28-16-18-32(53-4)19-17-28)24-36(43-46)30-15-14-27-10-8-9-11-29(27)22-30/h5-23,37H,24-25H2,1-4H3. The zero-order valence-electron chi connectivity index (χ0n) is 30.3. The van der Waals surface area contributed by atoms with Crippen molar-refractivity contribution >= 4 is 55.7 Å². The second-order valence-electron chi connectivity index (χ2n) is 12.9. The fraction of sp³-hybridized carbons (Fsp3) is 0.171. The van der Waals surface area contributed by atoms with E-state index < -0.39 is 40.1 Å². The first-order chi connectivity index (χ1) is 26.4. The zero-order valence-corrected chi connectivity index (χ0v) is 31.9. The average Bonchev–Trinajstić information content (AvgIpc) is 3.74. The van der Waals surface area contributed by atoms with Gasteiger partial charge in [-0.2, -0.15) is 5.10 Å². The molecule has 14 heteroatoms. The zero-order chi connectivity index (χ0) is 39.0. The molecule has 0 saturated heterocycles. The highest BCUT2D eigenvalue weighted by Crippen LogP contribution is 2.35. The van der Waals surface area contributed by atoms with Crippen LogP contribution in [0.2, 0.25) is 5.02 Å². The highest BCUT2D eigenvalue weighted by Gasteiger charge is 2.35. The first kappa shape index (κ1) is 37.1. The lowest BCUT2D eigenvalue weighted by Gasteiger charge is -2.22. The summed E-state index contributed by atoms with van der Waals surface area (Å²) in [5.41, 5.74) is 2.39. The first-order valence-corrected chi connectivity index (χ1v) is 19.0. The number of para-hydroxylation sites is 1. The van der Waals surface area contributed by atoms with E-state index in [2.05, 4.69) is 0 Å². The summed E-state index contributed by atoms with van der Waals surface area (Å²) in [5, 5.41) is 8.02. The number of hydrazone groups is 1. The van der Waals surface area contributed by atoms with Crippen molar-refractivity contribution < 1.29 is 27.5 Å². The number of carbonyl (C=O) groups is 2. The lowest BCUT2D eigenvalue weighted by Crippen LogP contribution is -2.32. The number of anilines is 1. The normalized spacial score (nSPS) is 14.2. The van der Waals surface area contributed by atoms with Crippen LogP contribution in [0, 0.1) is 6.92 Å². The van der Waals surface area contributed by atoms with E-state index in [1.165, 1.54) is 28.9 Å². The van der Waals surface area contributed by atoms with Crippen LogP contribution in [0.5, 0.6) is 5.75 Å². The minimum absolute atomic E-state index is 0.0725. The molecule has 0 fully saturated rings. The molecule has 12 nitrogen and oxygen atoms in total. The molecule has 5 aromatic carbocycles. The molecule has 280 valence electrons. The number of halogens is 1. The maximum absolute atomic E-state index is 13.9. The van der Waals surface area contributed by atoms with Gasteiger partial charge in [0, 0.05) is 20.5 Å². The lowest BCUT2D eigenvalue weighted by atomic mass is 9.97. The van der Waals surface area contributed by atoms with E-state index in [0.29, 0.717) is 29.3 Å². The molecule has 2 heterocycles. The summed E-state index contributed by atoms with van der Waals surface area (Å²) in [5.74, 6) is -0.960. The van der Waals surface area contributed by atoms with E-state index in [1.54, 1.807) is 62.2 Å². The number of hydrogen-bond acceptors (Lipinski definition) is 8. The molecule has 1 atom stereocenters. The largest absolute Gasteiger partial charge is 0.497 e. The van der Waals surface area contributed by atoms with Crippen LogP contribution in [-0.4, -0.2) is 61.1 Å². The molecule has 1 aliphatic rings. The monoisotopic (exact) mass is 777 g/mol. The molecule has 0 aliphatic carbocycles. The quantitative estimate of drug-likeness (QED) is 0.142. The number of methoxy groups -OCH3 is 1. The van der Waals surface area contributed by atoms with Crippen LogP contribution in [0.1, 0.15) is 39.6 Å². The van der Waals surface area contributed by atoms with E-state index in [4.69, 9.17) is 26.2 Å². The van der Waals surface area contributed by atoms with Crippen molar-refractivity contribution in [3.05, 3.63) is 153 Å². The van der Waals surface area contributed by atoms with Crippen molar-refractivity contribution in [2.24, 2.45) is 12.1 Å². The van der Waals surface area contributed by atoms with Gasteiger partial charge in [-0.15, -0.1) is 0 Å². The Labute approximate surface area is 322 Å². The topological polar surface area (TPSA) is 133 Å². The molecule has 0 saturated carbocycles. The molecule has 0 radical (unpaired) electrons. The van der Waals surface area contributed by atoms with Gasteiger partial charge in [-0.25, -0.2) is 22.9 Å². The molecule has 6 aromatic rings. The smallest absolute Gasteiger partial charge is 0.340 e. The number of rotatable bonds is 10. The van der Waals surface area contributed by atoms with Gasteiger partial charge in [0.2, 0.25) is 0 Å². The van der Waals surface area contributed by atoms with Crippen LogP contribution in [-0.2, 0) is 26.6 Å². The Morgan fingerprint density at radius 1 is 0.909 bits per heavy atom. The van der Waals surface area contributed by atoms with Crippen LogP contribution in [0.4, 0.5) is 5.69 Å². The van der Waals surface area contributed by atoms with E-state index in [1.807, 2.05) is 60.7 Å². The third kappa shape index (κ3) is 6.99. The summed E-state index contributed by atoms with van der Waals surface area (Å²) >= 11 is 6.39. The molecular formula is C41H36ClN5O7S. The SMILES string of the molecule is COc1ccc(C2CC(c3ccc4ccccc4c3)=NN2C(=O)COC(=O)c2cc(S(=O)(=O)N(C)c3c(C)n(C)n(-c4ccccc4)c3=O)ccc2Cl)cc1. The van der Waals surface area contributed by atoms with Crippen molar-refractivity contribution in [2.45, 2.75) is 24.3 Å². The number of hydrogen-bond donors (Lipinski definition) is 0. The van der Waals surface area contributed by atoms with E-state index in [9.17, 15) is 22.8 Å². The van der Waals surface area contributed by atoms with Crippen molar-refractivity contribution in [3.8, 4) is 11.4 Å². The van der Waals surface area contributed by atoms with Crippen LogP contribution >= 0.6 is 11.6 Å². The van der Waals surface area contributed by atoms with Crippen LogP contribution in [0.25, 0.3) is 16.5 Å². The minimum Gasteiger partial charge on any atom is -0.497 e. The summed E-state index contributed by atoms with van der Waals surface area (Å²) in [6.07, 6.45) is 0.404. The molecule has 0 bridgehead atoms. The molecule has 1 amide bonds. The summed E-state index contributed by atoms with van der Waals surface area (Å²) in [4.78, 5) is 40.5. The minimum atomic E-state index is -4.39. The Morgan fingerprint density at radius 2 is 1.60 bits per heavy atom. The molecular weight excluding hydrogens is 742 g/mol. The van der Waals surface area contributed by atoms with Gasteiger partial charge in [0.15, 0.2) is 6.61 Å². The number of fused-ring (bicyclic) bond motifs is 1. The van der Waals surface area contributed by atoms with Gasteiger partial charge in [-0.1, -0.05) is 78.3 Å². The van der Waals surface area contributed by atoms with Gasteiger partial charge in [0.1, 0.15) is 11.4 Å². The Kier molecular flexibility index (Phi) is 10.1. The van der Waals surface area contributed by atoms with Crippen LogP contribution < -0.4 is 14.6 Å². The number of benzene rings is 5. The molecule has 1 aromatic heterocycles. The number of nitrogens with zero attached hydrogens (tertiary/aromatic N) is 5. The summed E-state index contributed by atoms with van der Waals surface area (Å²) in [6, 6.07) is 33.1. The molecule has 1 aliphatic heterocycles. The summed E-state index contributed by atoms with van der Waals surface area (Å²) in [7, 11) is 0.0979. The van der Waals surface area contributed by atoms with Gasteiger partial charge < -0.3 is 9.47 Å². The second-order valence-corrected chi connectivity index (χ2v) is 15.3. The van der Waals surface area contributed by atoms with Gasteiger partial charge in [0.05, 0.1) is 45.7 Å². The molecule has 7 rings (SSSR count). The highest BCUT2D eigenvalue weighted by atomic mass is 35.5. The number of aromatic nitrogens is 2. The first-order valence-electron chi connectivity index (χ1n) is 17.2. The van der Waals surface area contributed by atoms with Crippen LogP contribution in [0.3, 0.4) is 0 Å². The van der Waals surface area contributed by atoms with Crippen molar-refractivity contribution in [3.63, 3.8) is 0 Å². The average molecular weight is 778 g/mol. The lowest BCUT2D eigenvalue weighted by molar-refractivity contribution is -0.136. The van der Waals surface area contributed by atoms with Crippen molar-refractivity contribution in [1.82, 2.24) is 14.4 Å². The maximum Gasteiger partial charge on any atom is 0.340 e. The van der Waals surface area contributed by atoms with Crippen LogP contribution in [0.15, 0.2) is 130 Å². The fourth-order valence-corrected chi connectivity index (χ4v) is 8.13. The van der Waals surface area contributed by atoms with Gasteiger partial charge in [-0.3, -0.25) is 18.6 Å². The number of esters is 1. The second kappa shape index (κ2) is 14.9. The predicted molar refractivity (Wildman–Crippen MR) is 211 cm³/mol. The number of sulfonamides is 1.